The first-order chi connectivity index (χ1) is 7.36. The lowest BCUT2D eigenvalue weighted by atomic mass is 10.2. The lowest BCUT2D eigenvalue weighted by Gasteiger charge is -2.19. The van der Waals surface area contributed by atoms with Gasteiger partial charge in [0.15, 0.2) is 5.82 Å². The van der Waals surface area contributed by atoms with Crippen LogP contribution >= 0.6 is 11.6 Å². The molecule has 0 saturated heterocycles. The summed E-state index contributed by atoms with van der Waals surface area (Å²) in [7, 11) is -2.35. The minimum absolute atomic E-state index is 0.230. The molecule has 1 heterocycles. The molecule has 0 aliphatic heterocycles. The molecule has 2 N–H and O–H groups in total. The topological polar surface area (TPSA) is 95.2 Å². The lowest BCUT2D eigenvalue weighted by Crippen LogP contribution is -2.33. The van der Waals surface area contributed by atoms with Crippen molar-refractivity contribution in [3.63, 3.8) is 0 Å². The Hall–Kier alpha value is -0.760. The summed E-state index contributed by atoms with van der Waals surface area (Å²) in [5.74, 6) is 0.230. The molecule has 0 spiro atoms. The number of ether oxygens (including phenoxy) is 1. The number of hydrogen-bond donors (Lipinski definition) is 1. The van der Waals surface area contributed by atoms with Gasteiger partial charge in [-0.05, 0) is 6.92 Å². The smallest absolute Gasteiger partial charge is 0.214 e. The molecule has 0 unspecified atom stereocenters. The van der Waals surface area contributed by atoms with E-state index in [0.29, 0.717) is 5.02 Å². The standard InChI is InChI=1S/C8H12ClN3O3S/c1-5(16(10,13)14)7(15-2)8-11-3-6(9)4-12-8/h3-5,7H,1-2H3,(H2,10,13,14)/t5-,7-/m0/s1. The molecule has 0 bridgehead atoms. The number of nitrogens with zero attached hydrogens (tertiary/aromatic N) is 2. The quantitative estimate of drug-likeness (QED) is 0.855. The number of halogens is 1. The summed E-state index contributed by atoms with van der Waals surface area (Å²) in [6, 6.07) is 0. The Kier molecular flexibility index (Phi) is 4.20. The van der Waals surface area contributed by atoms with Gasteiger partial charge in [-0.3, -0.25) is 0 Å². The minimum Gasteiger partial charge on any atom is -0.372 e. The van der Waals surface area contributed by atoms with Gasteiger partial charge >= 0.3 is 0 Å². The molecule has 0 saturated carbocycles. The molecular formula is C8H12ClN3O3S. The molecule has 0 aliphatic carbocycles. The van der Waals surface area contributed by atoms with E-state index in [-0.39, 0.29) is 5.82 Å². The van der Waals surface area contributed by atoms with Crippen molar-refractivity contribution in [2.24, 2.45) is 5.14 Å². The van der Waals surface area contributed by atoms with Crippen molar-refractivity contribution in [2.75, 3.05) is 7.11 Å². The van der Waals surface area contributed by atoms with Gasteiger partial charge in [0.2, 0.25) is 10.0 Å². The Morgan fingerprint density at radius 2 is 1.94 bits per heavy atom. The van der Waals surface area contributed by atoms with Crippen LogP contribution in [0.25, 0.3) is 0 Å². The first kappa shape index (κ1) is 13.3. The maximum Gasteiger partial charge on any atom is 0.214 e. The van der Waals surface area contributed by atoms with Gasteiger partial charge in [0.1, 0.15) is 11.4 Å². The highest BCUT2D eigenvalue weighted by molar-refractivity contribution is 7.89. The first-order valence-electron chi connectivity index (χ1n) is 4.38. The zero-order chi connectivity index (χ0) is 12.3. The Bertz CT molecular complexity index is 448. The van der Waals surface area contributed by atoms with Crippen LogP contribution in [0.5, 0.6) is 0 Å². The second-order valence-electron chi connectivity index (χ2n) is 3.21. The zero-order valence-electron chi connectivity index (χ0n) is 8.79. The van der Waals surface area contributed by atoms with Gasteiger partial charge < -0.3 is 4.74 Å². The number of primary sulfonamides is 1. The van der Waals surface area contributed by atoms with Crippen LogP contribution in [0.3, 0.4) is 0 Å². The Labute approximate surface area is 98.8 Å². The molecule has 8 heteroatoms. The van der Waals surface area contributed by atoms with Gasteiger partial charge in [-0.25, -0.2) is 23.5 Å². The van der Waals surface area contributed by atoms with Crippen LogP contribution in [0.4, 0.5) is 0 Å². The predicted octanol–water partition coefficient (Wildman–Crippen LogP) is 0.495. The van der Waals surface area contributed by atoms with E-state index in [2.05, 4.69) is 9.97 Å². The second kappa shape index (κ2) is 5.05. The summed E-state index contributed by atoms with van der Waals surface area (Å²) < 4.78 is 27.4. The Morgan fingerprint density at radius 1 is 1.44 bits per heavy atom. The molecule has 16 heavy (non-hydrogen) atoms. The average Bonchev–Trinajstić information content (AvgIpc) is 2.20. The van der Waals surface area contributed by atoms with E-state index in [1.807, 2.05) is 0 Å². The number of aromatic nitrogens is 2. The summed E-state index contributed by atoms with van der Waals surface area (Å²) in [6.07, 6.45) is 1.92. The third-order valence-corrected chi connectivity index (χ3v) is 3.57. The largest absolute Gasteiger partial charge is 0.372 e. The fraction of sp³-hybridized carbons (Fsp3) is 0.500. The van der Waals surface area contributed by atoms with E-state index in [0.717, 1.165) is 0 Å². The predicted molar refractivity (Wildman–Crippen MR) is 59.4 cm³/mol. The molecule has 1 aromatic heterocycles. The number of hydrogen-bond acceptors (Lipinski definition) is 5. The van der Waals surface area contributed by atoms with Crippen LogP contribution < -0.4 is 5.14 Å². The van der Waals surface area contributed by atoms with Crippen molar-refractivity contribution in [3.8, 4) is 0 Å². The van der Waals surface area contributed by atoms with Gasteiger partial charge in [0.05, 0.1) is 5.02 Å². The maximum absolute atomic E-state index is 11.2. The van der Waals surface area contributed by atoms with Crippen molar-refractivity contribution in [1.82, 2.24) is 9.97 Å². The lowest BCUT2D eigenvalue weighted by molar-refractivity contribution is 0.0948. The van der Waals surface area contributed by atoms with Crippen LogP contribution in [0.2, 0.25) is 5.02 Å². The maximum atomic E-state index is 11.2. The van der Waals surface area contributed by atoms with Gasteiger partial charge in [-0.2, -0.15) is 0 Å². The summed E-state index contributed by atoms with van der Waals surface area (Å²) in [4.78, 5) is 7.79. The van der Waals surface area contributed by atoms with Crippen molar-refractivity contribution in [2.45, 2.75) is 18.3 Å². The zero-order valence-corrected chi connectivity index (χ0v) is 10.4. The average molecular weight is 266 g/mol. The molecule has 90 valence electrons. The van der Waals surface area contributed by atoms with E-state index in [1.165, 1.54) is 26.4 Å². The highest BCUT2D eigenvalue weighted by atomic mass is 35.5. The second-order valence-corrected chi connectivity index (χ2v) is 5.57. The van der Waals surface area contributed by atoms with Crippen LogP contribution in [-0.4, -0.2) is 30.7 Å². The number of rotatable bonds is 4. The fourth-order valence-corrected chi connectivity index (χ4v) is 1.82. The summed E-state index contributed by atoms with van der Waals surface area (Å²) in [5.41, 5.74) is 0. The summed E-state index contributed by atoms with van der Waals surface area (Å²) in [5, 5.41) is 4.46. The van der Waals surface area contributed by atoms with Gasteiger partial charge in [0, 0.05) is 19.5 Å². The van der Waals surface area contributed by atoms with Crippen molar-refractivity contribution in [1.29, 1.82) is 0 Å². The molecule has 1 aromatic rings. The van der Waals surface area contributed by atoms with Gasteiger partial charge in [0.25, 0.3) is 0 Å². The van der Waals surface area contributed by atoms with E-state index >= 15 is 0 Å². The number of methoxy groups -OCH3 is 1. The third-order valence-electron chi connectivity index (χ3n) is 2.09. The molecule has 0 fully saturated rings. The van der Waals surface area contributed by atoms with Crippen molar-refractivity contribution >= 4 is 21.6 Å². The molecule has 0 aromatic carbocycles. The minimum atomic E-state index is -3.71. The molecule has 0 aliphatic rings. The Morgan fingerprint density at radius 3 is 2.31 bits per heavy atom. The van der Waals surface area contributed by atoms with E-state index in [1.54, 1.807) is 0 Å². The van der Waals surface area contributed by atoms with E-state index in [4.69, 9.17) is 21.5 Å². The van der Waals surface area contributed by atoms with Gasteiger partial charge in [-0.15, -0.1) is 0 Å². The number of sulfonamides is 1. The van der Waals surface area contributed by atoms with E-state index < -0.39 is 21.4 Å². The van der Waals surface area contributed by atoms with Crippen LogP contribution in [0.15, 0.2) is 12.4 Å². The van der Waals surface area contributed by atoms with Crippen molar-refractivity contribution < 1.29 is 13.2 Å². The normalized spacial score (nSPS) is 15.8. The van der Waals surface area contributed by atoms with Gasteiger partial charge in [-0.1, -0.05) is 11.6 Å². The molecule has 6 nitrogen and oxygen atoms in total. The first-order valence-corrected chi connectivity index (χ1v) is 6.37. The molecule has 0 radical (unpaired) electrons. The molecule has 0 amide bonds. The van der Waals surface area contributed by atoms with Crippen molar-refractivity contribution in [3.05, 3.63) is 23.2 Å². The monoisotopic (exact) mass is 265 g/mol. The Balaban J connectivity index is 3.03. The third kappa shape index (κ3) is 3.11. The highest BCUT2D eigenvalue weighted by Crippen LogP contribution is 2.21. The SMILES string of the molecule is CO[C@H](c1ncc(Cl)cn1)[C@H](C)S(N)(=O)=O. The number of nitrogens with two attached hydrogens (primary N) is 1. The van der Waals surface area contributed by atoms with E-state index in [9.17, 15) is 8.42 Å². The van der Waals surface area contributed by atoms with Crippen LogP contribution in [0.1, 0.15) is 18.9 Å². The van der Waals surface area contributed by atoms with Crippen LogP contribution in [0, 0.1) is 0 Å². The fourth-order valence-electron chi connectivity index (χ4n) is 1.15. The molecular weight excluding hydrogens is 254 g/mol. The molecule has 2 atom stereocenters. The molecule has 1 rings (SSSR count). The summed E-state index contributed by atoms with van der Waals surface area (Å²) in [6.45, 7) is 1.43. The van der Waals surface area contributed by atoms with Crippen LogP contribution in [-0.2, 0) is 14.8 Å². The summed E-state index contributed by atoms with van der Waals surface area (Å²) >= 11 is 5.62. The highest BCUT2D eigenvalue weighted by Gasteiger charge is 2.30.